The highest BCUT2D eigenvalue weighted by atomic mass is 32.1. The minimum atomic E-state index is -0.592. The molecule has 4 rings (SSSR count). The van der Waals surface area contributed by atoms with Crippen LogP contribution >= 0.6 is 11.3 Å². The van der Waals surface area contributed by atoms with Crippen LogP contribution in [0.15, 0.2) is 42.5 Å². The number of thiazole rings is 1. The summed E-state index contributed by atoms with van der Waals surface area (Å²) in [5.74, 6) is -0.592. The van der Waals surface area contributed by atoms with Crippen LogP contribution in [0.5, 0.6) is 0 Å². The van der Waals surface area contributed by atoms with Crippen LogP contribution in [0.4, 0.5) is 11.4 Å². The lowest BCUT2D eigenvalue weighted by Gasteiger charge is -2.17. The van der Waals surface area contributed by atoms with Crippen molar-refractivity contribution in [1.29, 1.82) is 0 Å². The third kappa shape index (κ3) is 3.61. The molecule has 0 amide bonds. The number of para-hydroxylation sites is 1. The second kappa shape index (κ2) is 7.32. The van der Waals surface area contributed by atoms with Crippen LogP contribution in [-0.4, -0.2) is 29.0 Å². The number of anilines is 1. The first-order valence-corrected chi connectivity index (χ1v) is 9.48. The Bertz CT molecular complexity index is 978. The van der Waals surface area contributed by atoms with Crippen LogP contribution in [0.2, 0.25) is 0 Å². The minimum absolute atomic E-state index is 0.0415. The zero-order valence-corrected chi connectivity index (χ0v) is 15.3. The highest BCUT2D eigenvalue weighted by Gasteiger charge is 2.24. The number of nitrogens with zero attached hydrogens (tertiary/aromatic N) is 3. The summed E-state index contributed by atoms with van der Waals surface area (Å²) in [4.78, 5) is 29.8. The Hall–Kier alpha value is -3.00. The van der Waals surface area contributed by atoms with Crippen molar-refractivity contribution in [3.8, 4) is 0 Å². The monoisotopic (exact) mass is 383 g/mol. The van der Waals surface area contributed by atoms with Crippen LogP contribution < -0.4 is 4.90 Å². The van der Waals surface area contributed by atoms with E-state index in [0.717, 1.165) is 36.1 Å². The number of benzene rings is 2. The number of carbonyl (C=O) groups excluding carboxylic acids is 1. The number of hydrogen-bond donors (Lipinski definition) is 0. The van der Waals surface area contributed by atoms with Crippen molar-refractivity contribution in [2.75, 3.05) is 18.0 Å². The zero-order chi connectivity index (χ0) is 18.8. The number of ether oxygens (including phenoxy) is 1. The predicted octanol–water partition coefficient (Wildman–Crippen LogP) is 4.16. The van der Waals surface area contributed by atoms with E-state index in [4.69, 9.17) is 4.74 Å². The number of esters is 1. The molecule has 1 aliphatic heterocycles. The van der Waals surface area contributed by atoms with Gasteiger partial charge in [0, 0.05) is 19.2 Å². The van der Waals surface area contributed by atoms with E-state index in [0.29, 0.717) is 10.7 Å². The van der Waals surface area contributed by atoms with Crippen molar-refractivity contribution < 1.29 is 14.5 Å². The summed E-state index contributed by atoms with van der Waals surface area (Å²) in [7, 11) is 0. The van der Waals surface area contributed by atoms with Crippen molar-refractivity contribution in [2.45, 2.75) is 19.4 Å². The predicted molar refractivity (Wildman–Crippen MR) is 103 cm³/mol. The quantitative estimate of drug-likeness (QED) is 0.374. The van der Waals surface area contributed by atoms with Gasteiger partial charge < -0.3 is 9.64 Å². The Labute approximate surface area is 159 Å². The Kier molecular flexibility index (Phi) is 4.72. The fourth-order valence-electron chi connectivity index (χ4n) is 3.21. The molecular formula is C19H17N3O4S. The largest absolute Gasteiger partial charge is 0.455 e. The summed E-state index contributed by atoms with van der Waals surface area (Å²) in [5, 5.41) is 12.1. The van der Waals surface area contributed by atoms with Gasteiger partial charge in [-0.3, -0.25) is 10.1 Å². The summed E-state index contributed by atoms with van der Waals surface area (Å²) in [5.41, 5.74) is 1.52. The van der Waals surface area contributed by atoms with Crippen molar-refractivity contribution in [3.05, 3.63) is 63.1 Å². The molecule has 8 heteroatoms. The molecule has 0 saturated carbocycles. The van der Waals surface area contributed by atoms with E-state index in [2.05, 4.69) is 4.98 Å². The molecule has 0 unspecified atom stereocenters. The lowest BCUT2D eigenvalue weighted by atomic mass is 10.1. The smallest absolute Gasteiger partial charge is 0.338 e. The van der Waals surface area contributed by atoms with Gasteiger partial charge in [0.15, 0.2) is 0 Å². The third-order valence-corrected chi connectivity index (χ3v) is 5.53. The van der Waals surface area contributed by atoms with Crippen LogP contribution in [-0.2, 0) is 11.3 Å². The molecule has 1 aromatic heterocycles. The normalized spacial score (nSPS) is 13.9. The summed E-state index contributed by atoms with van der Waals surface area (Å²) < 4.78 is 6.34. The van der Waals surface area contributed by atoms with Gasteiger partial charge in [0.05, 0.1) is 20.7 Å². The van der Waals surface area contributed by atoms with Crippen molar-refractivity contribution in [2.24, 2.45) is 0 Å². The molecule has 0 radical (unpaired) electrons. The average molecular weight is 383 g/mol. The standard InChI is InChI=1S/C19H17N3O4S/c23-19(26-12-18-20-14-5-1-2-6-17(14)27-18)13-7-8-15(16(11-13)22(24)25)21-9-3-4-10-21/h1-2,5-8,11H,3-4,9-10,12H2. The van der Waals surface area contributed by atoms with Gasteiger partial charge in [-0.1, -0.05) is 12.1 Å². The average Bonchev–Trinajstić information content (AvgIpc) is 3.34. The summed E-state index contributed by atoms with van der Waals surface area (Å²) >= 11 is 1.46. The Morgan fingerprint density at radius 3 is 2.74 bits per heavy atom. The topological polar surface area (TPSA) is 85.6 Å². The van der Waals surface area contributed by atoms with Crippen LogP contribution in [0.1, 0.15) is 28.2 Å². The molecule has 1 aliphatic rings. The summed E-state index contributed by atoms with van der Waals surface area (Å²) in [6.45, 7) is 1.63. The summed E-state index contributed by atoms with van der Waals surface area (Å²) in [6, 6.07) is 12.2. The second-order valence-electron chi connectivity index (χ2n) is 6.31. The SMILES string of the molecule is O=C(OCc1nc2ccccc2s1)c1ccc(N2CCCC2)c([N+](=O)[O-])c1. The molecule has 2 aromatic carbocycles. The van der Waals surface area contributed by atoms with Gasteiger partial charge in [0.1, 0.15) is 17.3 Å². The van der Waals surface area contributed by atoms with Crippen molar-refractivity contribution in [3.63, 3.8) is 0 Å². The van der Waals surface area contributed by atoms with Crippen molar-refractivity contribution >= 4 is 38.9 Å². The van der Waals surface area contributed by atoms with Gasteiger partial charge in [0.2, 0.25) is 0 Å². The van der Waals surface area contributed by atoms with Gasteiger partial charge in [-0.05, 0) is 37.1 Å². The van der Waals surface area contributed by atoms with E-state index < -0.39 is 10.9 Å². The maximum Gasteiger partial charge on any atom is 0.338 e. The number of fused-ring (bicyclic) bond motifs is 1. The molecule has 1 saturated heterocycles. The number of carbonyl (C=O) groups is 1. The molecule has 138 valence electrons. The first kappa shape index (κ1) is 17.4. The number of hydrogen-bond acceptors (Lipinski definition) is 7. The number of rotatable bonds is 5. The van der Waals surface area contributed by atoms with Crippen LogP contribution in [0, 0.1) is 10.1 Å². The molecule has 7 nitrogen and oxygen atoms in total. The molecule has 27 heavy (non-hydrogen) atoms. The first-order valence-electron chi connectivity index (χ1n) is 8.67. The van der Waals surface area contributed by atoms with E-state index in [1.807, 2.05) is 29.2 Å². The fraction of sp³-hybridized carbons (Fsp3) is 0.263. The molecule has 0 bridgehead atoms. The lowest BCUT2D eigenvalue weighted by molar-refractivity contribution is -0.384. The Morgan fingerprint density at radius 2 is 2.00 bits per heavy atom. The Morgan fingerprint density at radius 1 is 1.22 bits per heavy atom. The first-order chi connectivity index (χ1) is 13.1. The minimum Gasteiger partial charge on any atom is -0.455 e. The van der Waals surface area contributed by atoms with Crippen molar-refractivity contribution in [1.82, 2.24) is 4.98 Å². The molecule has 0 N–H and O–H groups in total. The number of nitro groups is 1. The highest BCUT2D eigenvalue weighted by molar-refractivity contribution is 7.18. The fourth-order valence-corrected chi connectivity index (χ4v) is 4.09. The molecule has 3 aromatic rings. The maximum atomic E-state index is 12.4. The van der Waals surface area contributed by atoms with Gasteiger partial charge in [-0.25, -0.2) is 9.78 Å². The maximum absolute atomic E-state index is 12.4. The molecule has 1 fully saturated rings. The molecule has 0 spiro atoms. The molecule has 0 atom stereocenters. The van der Waals surface area contributed by atoms with Gasteiger partial charge >= 0.3 is 5.97 Å². The lowest BCUT2D eigenvalue weighted by Crippen LogP contribution is -2.19. The molecular weight excluding hydrogens is 366 g/mol. The van der Waals surface area contributed by atoms with Gasteiger partial charge in [-0.2, -0.15) is 0 Å². The highest BCUT2D eigenvalue weighted by Crippen LogP contribution is 2.32. The number of nitro benzene ring substituents is 1. The van der Waals surface area contributed by atoms with Gasteiger partial charge in [0.25, 0.3) is 5.69 Å². The van der Waals surface area contributed by atoms with E-state index in [1.165, 1.54) is 17.4 Å². The molecule has 0 aliphatic carbocycles. The third-order valence-electron chi connectivity index (χ3n) is 4.52. The van der Waals surface area contributed by atoms with E-state index >= 15 is 0 Å². The number of aromatic nitrogens is 1. The van der Waals surface area contributed by atoms with E-state index in [1.54, 1.807) is 12.1 Å². The van der Waals surface area contributed by atoms with E-state index in [9.17, 15) is 14.9 Å². The molecule has 2 heterocycles. The Balaban J connectivity index is 1.50. The van der Waals surface area contributed by atoms with Crippen LogP contribution in [0.3, 0.4) is 0 Å². The van der Waals surface area contributed by atoms with Gasteiger partial charge in [-0.15, -0.1) is 11.3 Å². The zero-order valence-electron chi connectivity index (χ0n) is 14.5. The second-order valence-corrected chi connectivity index (χ2v) is 7.42. The van der Waals surface area contributed by atoms with E-state index in [-0.39, 0.29) is 17.9 Å². The van der Waals surface area contributed by atoms with Crippen LogP contribution in [0.25, 0.3) is 10.2 Å². The summed E-state index contributed by atoms with van der Waals surface area (Å²) in [6.07, 6.45) is 2.03.